The van der Waals surface area contributed by atoms with E-state index in [4.69, 9.17) is 0 Å². The Morgan fingerprint density at radius 3 is 2.67 bits per heavy atom. The van der Waals surface area contributed by atoms with Gasteiger partial charge in [0.2, 0.25) is 0 Å². The SMILES string of the molecule is CSc1ccccc1NC1CCCCC1C1CCCCN1. The van der Waals surface area contributed by atoms with Crippen LogP contribution in [0.5, 0.6) is 0 Å². The number of hydrogen-bond acceptors (Lipinski definition) is 3. The molecule has 2 nitrogen and oxygen atoms in total. The number of hydrogen-bond donors (Lipinski definition) is 2. The molecule has 1 saturated heterocycles. The zero-order valence-corrected chi connectivity index (χ0v) is 13.9. The summed E-state index contributed by atoms with van der Waals surface area (Å²) in [6.45, 7) is 1.22. The first kappa shape index (κ1) is 15.2. The highest BCUT2D eigenvalue weighted by atomic mass is 32.2. The van der Waals surface area contributed by atoms with Crippen LogP contribution >= 0.6 is 11.8 Å². The molecule has 1 saturated carbocycles. The summed E-state index contributed by atoms with van der Waals surface area (Å²) in [5.74, 6) is 0.800. The summed E-state index contributed by atoms with van der Waals surface area (Å²) in [6.07, 6.45) is 11.8. The summed E-state index contributed by atoms with van der Waals surface area (Å²) in [6, 6.07) is 10.1. The van der Waals surface area contributed by atoms with Crippen molar-refractivity contribution in [2.45, 2.75) is 61.9 Å². The van der Waals surface area contributed by atoms with E-state index < -0.39 is 0 Å². The maximum Gasteiger partial charge on any atom is 0.0480 e. The van der Waals surface area contributed by atoms with E-state index in [1.54, 1.807) is 0 Å². The summed E-state index contributed by atoms with van der Waals surface area (Å²) in [5, 5.41) is 7.67. The van der Waals surface area contributed by atoms with Crippen LogP contribution in [0.2, 0.25) is 0 Å². The van der Waals surface area contributed by atoms with Crippen LogP contribution in [-0.4, -0.2) is 24.9 Å². The molecule has 0 radical (unpaired) electrons. The molecule has 2 aliphatic rings. The van der Waals surface area contributed by atoms with Crippen molar-refractivity contribution in [3.63, 3.8) is 0 Å². The summed E-state index contributed by atoms with van der Waals surface area (Å²) in [4.78, 5) is 1.37. The van der Waals surface area contributed by atoms with E-state index in [9.17, 15) is 0 Å². The molecule has 1 aliphatic heterocycles. The van der Waals surface area contributed by atoms with Crippen molar-refractivity contribution in [2.75, 3.05) is 18.1 Å². The molecule has 0 bridgehead atoms. The van der Waals surface area contributed by atoms with E-state index in [1.165, 1.54) is 62.1 Å². The molecule has 3 heteroatoms. The van der Waals surface area contributed by atoms with Crippen molar-refractivity contribution in [2.24, 2.45) is 5.92 Å². The van der Waals surface area contributed by atoms with Gasteiger partial charge < -0.3 is 10.6 Å². The zero-order chi connectivity index (χ0) is 14.5. The van der Waals surface area contributed by atoms with Gasteiger partial charge in [-0.1, -0.05) is 31.4 Å². The fourth-order valence-corrected chi connectivity index (χ4v) is 4.59. The minimum absolute atomic E-state index is 0.641. The van der Waals surface area contributed by atoms with Gasteiger partial charge >= 0.3 is 0 Å². The first-order valence-electron chi connectivity index (χ1n) is 8.51. The Labute approximate surface area is 133 Å². The Kier molecular flexibility index (Phi) is 5.48. The second-order valence-corrected chi connectivity index (χ2v) is 7.30. The molecule has 1 heterocycles. The van der Waals surface area contributed by atoms with Crippen molar-refractivity contribution in [1.82, 2.24) is 5.32 Å². The third-order valence-corrected chi connectivity index (χ3v) is 5.93. The Balaban J connectivity index is 1.71. The van der Waals surface area contributed by atoms with Crippen molar-refractivity contribution >= 4 is 17.4 Å². The van der Waals surface area contributed by atoms with Gasteiger partial charge in [0.15, 0.2) is 0 Å². The summed E-state index contributed by atoms with van der Waals surface area (Å²) >= 11 is 1.84. The van der Waals surface area contributed by atoms with Crippen LogP contribution in [0.1, 0.15) is 44.9 Å². The molecule has 0 aromatic heterocycles. The van der Waals surface area contributed by atoms with E-state index in [2.05, 4.69) is 41.2 Å². The van der Waals surface area contributed by atoms with E-state index in [0.717, 1.165) is 12.0 Å². The largest absolute Gasteiger partial charge is 0.381 e. The van der Waals surface area contributed by atoms with Crippen LogP contribution in [0.4, 0.5) is 5.69 Å². The van der Waals surface area contributed by atoms with Crippen LogP contribution in [0.15, 0.2) is 29.2 Å². The monoisotopic (exact) mass is 304 g/mol. The van der Waals surface area contributed by atoms with Gasteiger partial charge in [-0.3, -0.25) is 0 Å². The molecule has 116 valence electrons. The van der Waals surface area contributed by atoms with Gasteiger partial charge in [0, 0.05) is 22.7 Å². The number of thioether (sulfide) groups is 1. The lowest BCUT2D eigenvalue weighted by Gasteiger charge is -2.40. The fourth-order valence-electron chi connectivity index (χ4n) is 4.03. The maximum atomic E-state index is 3.89. The van der Waals surface area contributed by atoms with Gasteiger partial charge in [0.1, 0.15) is 0 Å². The molecule has 1 aromatic rings. The molecule has 3 unspecified atom stereocenters. The average Bonchev–Trinajstić information content (AvgIpc) is 2.57. The van der Waals surface area contributed by atoms with Crippen LogP contribution in [0, 0.1) is 5.92 Å². The third-order valence-electron chi connectivity index (χ3n) is 5.13. The van der Waals surface area contributed by atoms with Gasteiger partial charge in [-0.25, -0.2) is 0 Å². The van der Waals surface area contributed by atoms with Crippen LogP contribution in [0.25, 0.3) is 0 Å². The smallest absolute Gasteiger partial charge is 0.0480 e. The van der Waals surface area contributed by atoms with Crippen molar-refractivity contribution in [3.05, 3.63) is 24.3 Å². The van der Waals surface area contributed by atoms with E-state index in [0.29, 0.717) is 6.04 Å². The van der Waals surface area contributed by atoms with Crippen molar-refractivity contribution < 1.29 is 0 Å². The molecule has 2 fully saturated rings. The first-order valence-corrected chi connectivity index (χ1v) is 9.74. The molecule has 0 amide bonds. The van der Waals surface area contributed by atoms with E-state index >= 15 is 0 Å². The molecule has 21 heavy (non-hydrogen) atoms. The normalized spacial score (nSPS) is 30.0. The molecule has 1 aliphatic carbocycles. The topological polar surface area (TPSA) is 24.1 Å². The van der Waals surface area contributed by atoms with Crippen molar-refractivity contribution in [3.8, 4) is 0 Å². The molecule has 3 atom stereocenters. The summed E-state index contributed by atoms with van der Waals surface area (Å²) in [7, 11) is 0. The number of benzene rings is 1. The quantitative estimate of drug-likeness (QED) is 0.800. The predicted octanol–water partition coefficient (Wildman–Crippen LogP) is 4.52. The van der Waals surface area contributed by atoms with Gasteiger partial charge in [0.05, 0.1) is 0 Å². The van der Waals surface area contributed by atoms with E-state index in [1.807, 2.05) is 11.8 Å². The highest BCUT2D eigenvalue weighted by Crippen LogP contribution is 2.34. The summed E-state index contributed by atoms with van der Waals surface area (Å²) < 4.78 is 0. The predicted molar refractivity (Wildman–Crippen MR) is 93.2 cm³/mol. The molecule has 3 rings (SSSR count). The fraction of sp³-hybridized carbons (Fsp3) is 0.667. The Hall–Kier alpha value is -0.670. The first-order chi connectivity index (χ1) is 10.4. The van der Waals surface area contributed by atoms with Gasteiger partial charge in [0.25, 0.3) is 0 Å². The number of para-hydroxylation sites is 1. The highest BCUT2D eigenvalue weighted by molar-refractivity contribution is 7.98. The number of rotatable bonds is 4. The van der Waals surface area contributed by atoms with Crippen LogP contribution < -0.4 is 10.6 Å². The van der Waals surface area contributed by atoms with Gasteiger partial charge in [-0.2, -0.15) is 0 Å². The average molecular weight is 305 g/mol. The number of anilines is 1. The van der Waals surface area contributed by atoms with E-state index in [-0.39, 0.29) is 0 Å². The zero-order valence-electron chi connectivity index (χ0n) is 13.1. The minimum atomic E-state index is 0.641. The molecule has 2 N–H and O–H groups in total. The van der Waals surface area contributed by atoms with Gasteiger partial charge in [-0.15, -0.1) is 11.8 Å². The summed E-state index contributed by atoms with van der Waals surface area (Å²) in [5.41, 5.74) is 1.33. The van der Waals surface area contributed by atoms with Crippen LogP contribution in [0.3, 0.4) is 0 Å². The lowest BCUT2D eigenvalue weighted by molar-refractivity contribution is 0.217. The van der Waals surface area contributed by atoms with Crippen molar-refractivity contribution in [1.29, 1.82) is 0 Å². The standard InChI is InChI=1S/C18H28N2S/c1-21-18-12-5-4-11-17(18)20-16-10-3-2-8-14(16)15-9-6-7-13-19-15/h4-5,11-12,14-16,19-20H,2-3,6-10,13H2,1H3. The maximum absolute atomic E-state index is 3.89. The molecule has 1 aromatic carbocycles. The minimum Gasteiger partial charge on any atom is -0.381 e. The lowest BCUT2D eigenvalue weighted by Crippen LogP contribution is -2.48. The van der Waals surface area contributed by atoms with Crippen LogP contribution in [-0.2, 0) is 0 Å². The Bertz CT molecular complexity index is 443. The lowest BCUT2D eigenvalue weighted by atomic mass is 9.77. The number of nitrogens with one attached hydrogen (secondary N) is 2. The highest BCUT2D eigenvalue weighted by Gasteiger charge is 2.32. The Morgan fingerprint density at radius 1 is 1.05 bits per heavy atom. The molecular weight excluding hydrogens is 276 g/mol. The second-order valence-electron chi connectivity index (χ2n) is 6.46. The Morgan fingerprint density at radius 2 is 1.86 bits per heavy atom. The molecular formula is C18H28N2S. The van der Waals surface area contributed by atoms with Gasteiger partial charge in [-0.05, 0) is 56.5 Å². The number of piperidine rings is 1. The third kappa shape index (κ3) is 3.75. The second kappa shape index (κ2) is 7.55. The molecule has 0 spiro atoms.